The summed E-state index contributed by atoms with van der Waals surface area (Å²) >= 11 is 0. The van der Waals surface area contributed by atoms with Crippen molar-refractivity contribution in [1.29, 1.82) is 0 Å². The van der Waals surface area contributed by atoms with Crippen LogP contribution in [0.25, 0.3) is 6.08 Å². The number of rotatable bonds is 7. The van der Waals surface area contributed by atoms with Gasteiger partial charge < -0.3 is 0 Å². The number of likely N-dealkylation sites (tertiary alicyclic amines) is 1. The molecule has 1 saturated heterocycles. The van der Waals surface area contributed by atoms with Crippen molar-refractivity contribution in [3.63, 3.8) is 0 Å². The zero-order valence-corrected chi connectivity index (χ0v) is 17.0. The van der Waals surface area contributed by atoms with Crippen LogP contribution in [-0.4, -0.2) is 38.9 Å². The van der Waals surface area contributed by atoms with Gasteiger partial charge in [0.1, 0.15) is 0 Å². The van der Waals surface area contributed by atoms with Gasteiger partial charge in [-0.15, -0.1) is 0 Å². The van der Waals surface area contributed by atoms with Crippen molar-refractivity contribution >= 4 is 12.0 Å². The first-order valence-electron chi connectivity index (χ1n) is 10.0. The van der Waals surface area contributed by atoms with Crippen LogP contribution >= 0.6 is 0 Å². The third-order valence-electron chi connectivity index (χ3n) is 5.70. The van der Waals surface area contributed by atoms with Crippen LogP contribution in [0.3, 0.4) is 0 Å². The highest BCUT2D eigenvalue weighted by Crippen LogP contribution is 2.32. The summed E-state index contributed by atoms with van der Waals surface area (Å²) in [6.07, 6.45) is 6.44. The number of aryl methyl sites for hydroxylation is 2. The topological polar surface area (TPSA) is 70.4 Å². The number of aromatic nitrogens is 2. The minimum absolute atomic E-state index is 0.445. The second-order valence-electron chi connectivity index (χ2n) is 7.39. The average molecular weight is 383 g/mol. The van der Waals surface area contributed by atoms with E-state index < -0.39 is 5.91 Å². The second-order valence-corrected chi connectivity index (χ2v) is 7.39. The van der Waals surface area contributed by atoms with Crippen LogP contribution in [0, 0.1) is 13.8 Å². The van der Waals surface area contributed by atoms with Crippen LogP contribution in [0.4, 0.5) is 0 Å². The molecule has 2 N–H and O–H groups in total. The highest BCUT2D eigenvalue weighted by atomic mass is 16.5. The molecule has 1 aliphatic rings. The predicted molar refractivity (Wildman–Crippen MR) is 110 cm³/mol. The Morgan fingerprint density at radius 3 is 2.71 bits per heavy atom. The maximum absolute atomic E-state index is 11.1. The molecule has 1 aromatic carbocycles. The molecule has 1 atom stereocenters. The molecule has 0 aliphatic carbocycles. The predicted octanol–water partition coefficient (Wildman–Crippen LogP) is 3.42. The van der Waals surface area contributed by atoms with Crippen molar-refractivity contribution in [3.05, 3.63) is 58.4 Å². The van der Waals surface area contributed by atoms with Crippen LogP contribution < -0.4 is 5.48 Å². The van der Waals surface area contributed by atoms with Gasteiger partial charge in [0, 0.05) is 30.9 Å². The van der Waals surface area contributed by atoms with E-state index in [0.29, 0.717) is 6.04 Å². The van der Waals surface area contributed by atoms with Crippen LogP contribution in [0.1, 0.15) is 53.9 Å². The van der Waals surface area contributed by atoms with E-state index in [9.17, 15) is 4.79 Å². The SMILES string of the molecule is CCn1nc(C)c(CCN2CCC[C@H]2c2ccc(/C=C/C(=O)NO)cc2)c1C. The number of nitrogens with one attached hydrogen (secondary N) is 1. The van der Waals surface area contributed by atoms with E-state index in [-0.39, 0.29) is 0 Å². The standard InChI is InChI=1S/C22H30N4O2/c1-4-26-17(3)20(16(2)23-26)13-15-25-14-5-6-21(25)19-10-7-18(8-11-19)9-12-22(27)24-28/h7-12,21,28H,4-6,13-15H2,1-3H3,(H,24,27)/b12-9+/t21-/m0/s1. The molecule has 2 aromatic rings. The molecule has 6 heteroatoms. The van der Waals surface area contributed by atoms with Gasteiger partial charge in [0.2, 0.25) is 0 Å². The number of benzene rings is 1. The van der Waals surface area contributed by atoms with Crippen molar-refractivity contribution in [3.8, 4) is 0 Å². The molecule has 0 saturated carbocycles. The smallest absolute Gasteiger partial charge is 0.267 e. The summed E-state index contributed by atoms with van der Waals surface area (Å²) in [4.78, 5) is 13.7. The summed E-state index contributed by atoms with van der Waals surface area (Å²) in [7, 11) is 0. The summed E-state index contributed by atoms with van der Waals surface area (Å²) < 4.78 is 2.09. The van der Waals surface area contributed by atoms with E-state index >= 15 is 0 Å². The summed E-state index contributed by atoms with van der Waals surface area (Å²) in [5.41, 5.74) is 7.68. The maximum atomic E-state index is 11.1. The fourth-order valence-corrected chi connectivity index (χ4v) is 4.17. The van der Waals surface area contributed by atoms with Gasteiger partial charge in [-0.1, -0.05) is 24.3 Å². The van der Waals surface area contributed by atoms with Crippen LogP contribution in [0.15, 0.2) is 30.3 Å². The molecule has 2 heterocycles. The maximum Gasteiger partial charge on any atom is 0.267 e. The Labute approximate surface area is 166 Å². The highest BCUT2D eigenvalue weighted by molar-refractivity contribution is 5.90. The lowest BCUT2D eigenvalue weighted by Crippen LogP contribution is -2.26. The number of carbonyl (C=O) groups excluding carboxylic acids is 1. The van der Waals surface area contributed by atoms with Gasteiger partial charge >= 0.3 is 0 Å². The molecule has 150 valence electrons. The van der Waals surface area contributed by atoms with E-state index in [2.05, 4.69) is 47.6 Å². The molecule has 1 aromatic heterocycles. The fourth-order valence-electron chi connectivity index (χ4n) is 4.17. The number of hydrogen-bond acceptors (Lipinski definition) is 4. The summed E-state index contributed by atoms with van der Waals surface area (Å²) in [5, 5.41) is 13.2. The van der Waals surface area contributed by atoms with Gasteiger partial charge in [-0.05, 0) is 69.3 Å². The van der Waals surface area contributed by atoms with Gasteiger partial charge in [-0.2, -0.15) is 5.10 Å². The molecule has 1 aliphatic heterocycles. The summed E-state index contributed by atoms with van der Waals surface area (Å²) in [5.74, 6) is -0.525. The van der Waals surface area contributed by atoms with E-state index in [1.807, 2.05) is 12.1 Å². The summed E-state index contributed by atoms with van der Waals surface area (Å²) in [6.45, 7) is 9.50. The van der Waals surface area contributed by atoms with E-state index in [1.165, 1.54) is 35.7 Å². The number of nitrogens with zero attached hydrogens (tertiary/aromatic N) is 3. The van der Waals surface area contributed by atoms with Crippen molar-refractivity contribution in [1.82, 2.24) is 20.2 Å². The normalized spacial score (nSPS) is 17.5. The van der Waals surface area contributed by atoms with Gasteiger partial charge in [0.05, 0.1) is 5.69 Å². The first-order chi connectivity index (χ1) is 13.5. The van der Waals surface area contributed by atoms with Crippen molar-refractivity contribution < 1.29 is 10.0 Å². The Bertz CT molecular complexity index is 839. The molecule has 1 amide bonds. The Kier molecular flexibility index (Phi) is 6.65. The molecular weight excluding hydrogens is 352 g/mol. The minimum atomic E-state index is -0.525. The average Bonchev–Trinajstić information content (AvgIpc) is 3.29. The number of hydroxylamine groups is 1. The van der Waals surface area contributed by atoms with E-state index in [1.54, 1.807) is 11.6 Å². The van der Waals surface area contributed by atoms with Crippen molar-refractivity contribution in [2.24, 2.45) is 0 Å². The van der Waals surface area contributed by atoms with Gasteiger partial charge in [-0.3, -0.25) is 19.6 Å². The largest absolute Gasteiger partial charge is 0.296 e. The quantitative estimate of drug-likeness (QED) is 0.437. The number of carbonyl (C=O) groups is 1. The monoisotopic (exact) mass is 382 g/mol. The van der Waals surface area contributed by atoms with Gasteiger partial charge in [0.15, 0.2) is 0 Å². The number of hydrogen-bond donors (Lipinski definition) is 2. The molecule has 0 unspecified atom stereocenters. The molecule has 0 bridgehead atoms. The first kappa shape index (κ1) is 20.3. The summed E-state index contributed by atoms with van der Waals surface area (Å²) in [6, 6.07) is 8.77. The fraction of sp³-hybridized carbons (Fsp3) is 0.455. The van der Waals surface area contributed by atoms with Crippen molar-refractivity contribution in [2.75, 3.05) is 13.1 Å². The molecule has 1 fully saturated rings. The molecule has 28 heavy (non-hydrogen) atoms. The third-order valence-corrected chi connectivity index (χ3v) is 5.70. The lowest BCUT2D eigenvalue weighted by Gasteiger charge is -2.25. The number of amides is 1. The molecular formula is C22H30N4O2. The Hall–Kier alpha value is -2.44. The van der Waals surface area contributed by atoms with Crippen molar-refractivity contribution in [2.45, 2.75) is 52.6 Å². The second kappa shape index (κ2) is 9.17. The van der Waals surface area contributed by atoms with Crippen LogP contribution in [0.5, 0.6) is 0 Å². The highest BCUT2D eigenvalue weighted by Gasteiger charge is 2.26. The van der Waals surface area contributed by atoms with Gasteiger partial charge in [0.25, 0.3) is 5.91 Å². The molecule has 0 spiro atoms. The van der Waals surface area contributed by atoms with E-state index in [4.69, 9.17) is 5.21 Å². The zero-order chi connectivity index (χ0) is 20.1. The Morgan fingerprint density at radius 1 is 1.32 bits per heavy atom. The molecule has 3 rings (SSSR count). The molecule has 6 nitrogen and oxygen atoms in total. The lowest BCUT2D eigenvalue weighted by atomic mass is 10.0. The van der Waals surface area contributed by atoms with Crippen LogP contribution in [-0.2, 0) is 17.8 Å². The molecule has 0 radical (unpaired) electrons. The lowest BCUT2D eigenvalue weighted by molar-refractivity contribution is -0.124. The van der Waals surface area contributed by atoms with E-state index in [0.717, 1.165) is 37.3 Å². The Morgan fingerprint density at radius 2 is 2.07 bits per heavy atom. The zero-order valence-electron chi connectivity index (χ0n) is 17.0. The first-order valence-corrected chi connectivity index (χ1v) is 10.0. The van der Waals surface area contributed by atoms with Crippen LogP contribution in [0.2, 0.25) is 0 Å². The minimum Gasteiger partial charge on any atom is -0.296 e. The van der Waals surface area contributed by atoms with Gasteiger partial charge in [-0.25, -0.2) is 5.48 Å². The Balaban J connectivity index is 1.65. The third kappa shape index (κ3) is 4.51.